The van der Waals surface area contributed by atoms with Gasteiger partial charge in [-0.25, -0.2) is 8.42 Å². The highest BCUT2D eigenvalue weighted by molar-refractivity contribution is 7.89. The average molecular weight is 447 g/mol. The molecular weight excluding hydrogens is 416 g/mol. The fourth-order valence-corrected chi connectivity index (χ4v) is 6.77. The first-order valence-corrected chi connectivity index (χ1v) is 13.2. The topological polar surface area (TPSA) is 57.7 Å². The lowest BCUT2D eigenvalue weighted by atomic mass is 9.95. The molecule has 2 aliphatic rings. The molecule has 1 atom stereocenters. The van der Waals surface area contributed by atoms with Crippen LogP contribution in [0.4, 0.5) is 0 Å². The highest BCUT2D eigenvalue weighted by Crippen LogP contribution is 2.36. The van der Waals surface area contributed by atoms with Crippen molar-refractivity contribution in [2.24, 2.45) is 5.92 Å². The number of carbonyl (C=O) groups excluding carboxylic acids is 1. The van der Waals surface area contributed by atoms with Crippen molar-refractivity contribution in [2.45, 2.75) is 56.4 Å². The van der Waals surface area contributed by atoms with E-state index in [1.807, 2.05) is 17.0 Å². The third-order valence-electron chi connectivity index (χ3n) is 6.45. The average Bonchev–Trinajstić information content (AvgIpc) is 3.45. The Hall–Kier alpha value is -1.70. The Morgan fingerprint density at radius 2 is 1.73 bits per heavy atom. The summed E-state index contributed by atoms with van der Waals surface area (Å²) in [7, 11) is -3.51. The van der Waals surface area contributed by atoms with Crippen LogP contribution in [0.3, 0.4) is 0 Å². The van der Waals surface area contributed by atoms with Crippen LogP contribution in [0.5, 0.6) is 0 Å². The highest BCUT2D eigenvalue weighted by Gasteiger charge is 2.37. The molecule has 0 aliphatic carbocycles. The zero-order valence-electron chi connectivity index (χ0n) is 17.7. The van der Waals surface area contributed by atoms with Gasteiger partial charge in [0.1, 0.15) is 0 Å². The summed E-state index contributed by atoms with van der Waals surface area (Å²) in [4.78, 5) is 15.6. The molecule has 0 radical (unpaired) electrons. The largest absolute Gasteiger partial charge is 0.335 e. The smallest absolute Gasteiger partial charge is 0.243 e. The monoisotopic (exact) mass is 446 g/mol. The van der Waals surface area contributed by atoms with Crippen LogP contribution in [0, 0.1) is 5.92 Å². The van der Waals surface area contributed by atoms with Gasteiger partial charge in [-0.3, -0.25) is 4.79 Å². The van der Waals surface area contributed by atoms with Crippen molar-refractivity contribution in [2.75, 3.05) is 19.6 Å². The fourth-order valence-electron chi connectivity index (χ4n) is 4.59. The summed E-state index contributed by atoms with van der Waals surface area (Å²) in [6.45, 7) is 5.80. The van der Waals surface area contributed by atoms with Crippen LogP contribution in [-0.4, -0.2) is 43.2 Å². The van der Waals surface area contributed by atoms with E-state index >= 15 is 0 Å². The van der Waals surface area contributed by atoms with Crippen LogP contribution in [0.2, 0.25) is 0 Å². The van der Waals surface area contributed by atoms with Crippen molar-refractivity contribution in [3.63, 3.8) is 0 Å². The van der Waals surface area contributed by atoms with Crippen molar-refractivity contribution in [3.05, 3.63) is 52.2 Å². The van der Waals surface area contributed by atoms with E-state index in [0.29, 0.717) is 36.7 Å². The van der Waals surface area contributed by atoms with Gasteiger partial charge in [0, 0.05) is 25.6 Å². The van der Waals surface area contributed by atoms with Crippen molar-refractivity contribution >= 4 is 27.3 Å². The highest BCUT2D eigenvalue weighted by atomic mass is 32.2. The standard InChI is InChI=1S/C23H30N2O3S2/c1-17(2)18-5-7-21(8-6-18)30(27,28)24-13-9-19(10-14-24)23(26)25-12-3-4-22(25)20-11-15-29-16-20/h5-8,11,15-17,19,22H,3-4,9-10,12-14H2,1-2H3. The van der Waals surface area contributed by atoms with E-state index in [0.717, 1.165) is 24.9 Å². The molecule has 162 valence electrons. The number of nitrogens with zero attached hydrogens (tertiary/aromatic N) is 2. The van der Waals surface area contributed by atoms with Gasteiger partial charge in [0.05, 0.1) is 10.9 Å². The van der Waals surface area contributed by atoms with Gasteiger partial charge in [-0.15, -0.1) is 0 Å². The van der Waals surface area contributed by atoms with Crippen LogP contribution in [0.25, 0.3) is 0 Å². The molecule has 2 fully saturated rings. The molecule has 2 aliphatic heterocycles. The molecule has 2 aromatic rings. The van der Waals surface area contributed by atoms with Gasteiger partial charge in [0.2, 0.25) is 15.9 Å². The summed E-state index contributed by atoms with van der Waals surface area (Å²) in [5, 5.41) is 4.20. The number of hydrogen-bond acceptors (Lipinski definition) is 4. The molecule has 7 heteroatoms. The maximum absolute atomic E-state index is 13.2. The van der Waals surface area contributed by atoms with Crippen molar-refractivity contribution in [1.82, 2.24) is 9.21 Å². The Morgan fingerprint density at radius 3 is 2.33 bits per heavy atom. The fraction of sp³-hybridized carbons (Fsp3) is 0.522. The number of thiophene rings is 1. The second kappa shape index (κ2) is 8.81. The summed E-state index contributed by atoms with van der Waals surface area (Å²) in [6.07, 6.45) is 3.23. The third kappa shape index (κ3) is 4.20. The van der Waals surface area contributed by atoms with Gasteiger partial charge in [-0.1, -0.05) is 26.0 Å². The first-order chi connectivity index (χ1) is 14.4. The molecule has 1 aromatic heterocycles. The van der Waals surface area contributed by atoms with Crippen molar-refractivity contribution < 1.29 is 13.2 Å². The van der Waals surface area contributed by atoms with Crippen LogP contribution in [0.1, 0.15) is 62.6 Å². The second-order valence-electron chi connectivity index (χ2n) is 8.65. The lowest BCUT2D eigenvalue weighted by Gasteiger charge is -2.34. The summed E-state index contributed by atoms with van der Waals surface area (Å²) in [6, 6.07) is 9.50. The van der Waals surface area contributed by atoms with E-state index in [9.17, 15) is 13.2 Å². The summed E-state index contributed by atoms with van der Waals surface area (Å²) < 4.78 is 27.6. The van der Waals surface area contributed by atoms with Crippen molar-refractivity contribution in [1.29, 1.82) is 0 Å². The van der Waals surface area contributed by atoms with E-state index in [-0.39, 0.29) is 17.9 Å². The molecule has 2 saturated heterocycles. The molecule has 3 heterocycles. The number of rotatable bonds is 5. The Bertz CT molecular complexity index is 960. The van der Waals surface area contributed by atoms with Crippen LogP contribution in [0.15, 0.2) is 46.0 Å². The normalized spacial score (nSPS) is 21.4. The number of carbonyl (C=O) groups is 1. The number of sulfonamides is 1. The lowest BCUT2D eigenvalue weighted by Crippen LogP contribution is -2.44. The van der Waals surface area contributed by atoms with Gasteiger partial charge >= 0.3 is 0 Å². The Balaban J connectivity index is 1.40. The molecule has 0 N–H and O–H groups in total. The molecule has 5 nitrogen and oxygen atoms in total. The minimum Gasteiger partial charge on any atom is -0.335 e. The van der Waals surface area contributed by atoms with Crippen molar-refractivity contribution in [3.8, 4) is 0 Å². The Kier molecular flexibility index (Phi) is 6.32. The van der Waals surface area contributed by atoms with Gasteiger partial charge in [-0.2, -0.15) is 15.6 Å². The van der Waals surface area contributed by atoms with Gasteiger partial charge in [0.25, 0.3) is 0 Å². The number of amides is 1. The van der Waals surface area contributed by atoms with Gasteiger partial charge < -0.3 is 4.90 Å². The van der Waals surface area contributed by atoms with E-state index in [1.165, 1.54) is 5.56 Å². The molecule has 1 unspecified atom stereocenters. The summed E-state index contributed by atoms with van der Waals surface area (Å²) >= 11 is 1.67. The molecule has 1 aromatic carbocycles. The zero-order valence-corrected chi connectivity index (χ0v) is 19.3. The zero-order chi connectivity index (χ0) is 21.3. The van der Waals surface area contributed by atoms with Crippen LogP contribution < -0.4 is 0 Å². The summed E-state index contributed by atoms with van der Waals surface area (Å²) in [5.41, 5.74) is 2.36. The number of benzene rings is 1. The number of likely N-dealkylation sites (tertiary alicyclic amines) is 1. The molecule has 4 rings (SSSR count). The lowest BCUT2D eigenvalue weighted by molar-refractivity contribution is -0.137. The molecule has 1 amide bonds. The molecule has 30 heavy (non-hydrogen) atoms. The third-order valence-corrected chi connectivity index (χ3v) is 9.07. The van der Waals surface area contributed by atoms with Gasteiger partial charge in [-0.05, 0) is 71.7 Å². The minimum atomic E-state index is -3.51. The molecule has 0 bridgehead atoms. The number of piperidine rings is 1. The first kappa shape index (κ1) is 21.5. The maximum Gasteiger partial charge on any atom is 0.243 e. The predicted molar refractivity (Wildman–Crippen MR) is 120 cm³/mol. The van der Waals surface area contributed by atoms with E-state index in [1.54, 1.807) is 27.8 Å². The molecular formula is C23H30N2O3S2. The quantitative estimate of drug-likeness (QED) is 0.672. The maximum atomic E-state index is 13.2. The van der Waals surface area contributed by atoms with Crippen LogP contribution in [-0.2, 0) is 14.8 Å². The number of hydrogen-bond donors (Lipinski definition) is 0. The van der Waals surface area contributed by atoms with Crippen LogP contribution >= 0.6 is 11.3 Å². The van der Waals surface area contributed by atoms with E-state index < -0.39 is 10.0 Å². The summed E-state index contributed by atoms with van der Waals surface area (Å²) in [5.74, 6) is 0.480. The Labute approximate surface area is 183 Å². The first-order valence-electron chi connectivity index (χ1n) is 10.8. The van der Waals surface area contributed by atoms with E-state index in [2.05, 4.69) is 30.7 Å². The van der Waals surface area contributed by atoms with E-state index in [4.69, 9.17) is 0 Å². The minimum absolute atomic E-state index is 0.0843. The van der Waals surface area contributed by atoms with Gasteiger partial charge in [0.15, 0.2) is 0 Å². The molecule has 0 saturated carbocycles. The second-order valence-corrected chi connectivity index (χ2v) is 11.4. The SMILES string of the molecule is CC(C)c1ccc(S(=O)(=O)N2CCC(C(=O)N3CCCC3c3ccsc3)CC2)cc1. The molecule has 0 spiro atoms. The Morgan fingerprint density at radius 1 is 1.03 bits per heavy atom. The predicted octanol–water partition coefficient (Wildman–Crippen LogP) is 4.64.